The Morgan fingerprint density at radius 2 is 1.80 bits per heavy atom. The van der Waals surface area contributed by atoms with Crippen molar-refractivity contribution in [3.63, 3.8) is 0 Å². The zero-order chi connectivity index (χ0) is 20.5. The van der Waals surface area contributed by atoms with E-state index in [0.29, 0.717) is 6.04 Å². The first-order chi connectivity index (χ1) is 14.7. The van der Waals surface area contributed by atoms with Gasteiger partial charge in [0.05, 0.1) is 17.8 Å². The van der Waals surface area contributed by atoms with Crippen LogP contribution >= 0.6 is 28.1 Å². The normalized spacial score (nSPS) is 22.3. The summed E-state index contributed by atoms with van der Waals surface area (Å²) >= 11 is 9.35. The minimum absolute atomic E-state index is 0.00422. The number of hydrogen-bond donors (Lipinski definition) is 1. The van der Waals surface area contributed by atoms with Gasteiger partial charge in [0.2, 0.25) is 0 Å². The number of pyridine rings is 1. The molecule has 3 aromatic rings. The fraction of sp³-hybridized carbons (Fsp3) is 0.333. The van der Waals surface area contributed by atoms with E-state index in [1.807, 2.05) is 18.3 Å². The van der Waals surface area contributed by atoms with Gasteiger partial charge < -0.3 is 14.8 Å². The number of benzene rings is 1. The lowest BCUT2D eigenvalue weighted by Gasteiger charge is -2.28. The van der Waals surface area contributed by atoms with Crippen molar-refractivity contribution in [2.24, 2.45) is 0 Å². The Morgan fingerprint density at radius 3 is 2.53 bits per heavy atom. The van der Waals surface area contributed by atoms with E-state index in [9.17, 15) is 0 Å². The maximum Gasteiger partial charge on any atom is 0.174 e. The topological polar surface area (TPSA) is 33.1 Å². The molecule has 1 aromatic carbocycles. The Kier molecular flexibility index (Phi) is 5.61. The van der Waals surface area contributed by atoms with Crippen molar-refractivity contribution in [2.45, 2.75) is 50.2 Å². The van der Waals surface area contributed by atoms with Crippen molar-refractivity contribution in [3.05, 3.63) is 82.9 Å². The molecule has 0 amide bonds. The highest BCUT2D eigenvalue weighted by Gasteiger charge is 2.41. The molecule has 0 unspecified atom stereocenters. The minimum atomic E-state index is 0.00422. The maximum absolute atomic E-state index is 5.81. The molecule has 0 bridgehead atoms. The van der Waals surface area contributed by atoms with E-state index in [0.717, 1.165) is 21.0 Å². The van der Waals surface area contributed by atoms with Crippen molar-refractivity contribution in [1.29, 1.82) is 0 Å². The predicted octanol–water partition coefficient (Wildman–Crippen LogP) is 6.33. The molecule has 2 atom stereocenters. The van der Waals surface area contributed by atoms with Crippen LogP contribution in [0.2, 0.25) is 0 Å². The van der Waals surface area contributed by atoms with Gasteiger partial charge in [0.25, 0.3) is 0 Å². The molecule has 1 saturated heterocycles. The van der Waals surface area contributed by atoms with Crippen LogP contribution in [0.5, 0.6) is 0 Å². The van der Waals surface area contributed by atoms with E-state index in [2.05, 4.69) is 84.5 Å². The number of hydrogen-bond acceptors (Lipinski definition) is 2. The van der Waals surface area contributed by atoms with Crippen LogP contribution < -0.4 is 10.2 Å². The zero-order valence-corrected chi connectivity index (χ0v) is 19.1. The van der Waals surface area contributed by atoms with Gasteiger partial charge in [-0.05, 0) is 73.1 Å². The summed E-state index contributed by atoms with van der Waals surface area (Å²) < 4.78 is 3.48. The van der Waals surface area contributed by atoms with Crippen LogP contribution in [0.1, 0.15) is 61.5 Å². The molecule has 1 aliphatic carbocycles. The molecule has 2 aromatic heterocycles. The lowest BCUT2D eigenvalue weighted by Crippen LogP contribution is -2.29. The fourth-order valence-corrected chi connectivity index (χ4v) is 5.40. The lowest BCUT2D eigenvalue weighted by atomic mass is 9.95. The molecular weight excluding hydrogens is 456 g/mol. The van der Waals surface area contributed by atoms with Gasteiger partial charge >= 0.3 is 0 Å². The van der Waals surface area contributed by atoms with Crippen molar-refractivity contribution >= 4 is 38.9 Å². The highest BCUT2D eigenvalue weighted by Crippen LogP contribution is 2.42. The Bertz CT molecular complexity index is 1010. The van der Waals surface area contributed by atoms with Crippen molar-refractivity contribution in [3.8, 4) is 0 Å². The monoisotopic (exact) mass is 480 g/mol. The molecule has 6 heteroatoms. The van der Waals surface area contributed by atoms with Gasteiger partial charge in [0.1, 0.15) is 0 Å². The van der Waals surface area contributed by atoms with E-state index in [4.69, 9.17) is 12.2 Å². The molecule has 4 nitrogen and oxygen atoms in total. The number of thiocarbonyl (C=S) groups is 1. The first-order valence-electron chi connectivity index (χ1n) is 10.6. The van der Waals surface area contributed by atoms with Crippen molar-refractivity contribution in [1.82, 2.24) is 14.9 Å². The number of halogens is 1. The van der Waals surface area contributed by atoms with Crippen LogP contribution in [-0.4, -0.2) is 14.7 Å². The molecule has 154 valence electrons. The van der Waals surface area contributed by atoms with Crippen LogP contribution in [0.3, 0.4) is 0 Å². The number of anilines is 1. The standard InChI is InChI=1S/C24H25BrN4S/c25-18-9-11-20(12-10-18)29-23(22(27-24(29)30)21-8-4-5-14-26-21)17-13-15-28(16-17)19-6-2-1-3-7-19/h4-5,8-16,19,22-23H,1-3,6-7H2,(H,27,30)/t22-,23-/m1/s1. The zero-order valence-electron chi connectivity index (χ0n) is 16.7. The first-order valence-corrected chi connectivity index (χ1v) is 11.8. The summed E-state index contributed by atoms with van der Waals surface area (Å²) in [4.78, 5) is 6.88. The van der Waals surface area contributed by atoms with E-state index in [1.165, 1.54) is 37.7 Å². The first kappa shape index (κ1) is 19.8. The van der Waals surface area contributed by atoms with Gasteiger partial charge in [-0.1, -0.05) is 41.3 Å². The Labute approximate surface area is 191 Å². The van der Waals surface area contributed by atoms with Crippen molar-refractivity contribution < 1.29 is 0 Å². The third-order valence-corrected chi connectivity index (χ3v) is 7.12. The van der Waals surface area contributed by atoms with Crippen LogP contribution in [0, 0.1) is 0 Å². The quantitative estimate of drug-likeness (QED) is 0.442. The summed E-state index contributed by atoms with van der Waals surface area (Å²) in [6.45, 7) is 0. The van der Waals surface area contributed by atoms with Gasteiger partial charge in [0, 0.05) is 34.8 Å². The molecule has 2 aliphatic rings. The van der Waals surface area contributed by atoms with Gasteiger partial charge in [-0.2, -0.15) is 0 Å². The van der Waals surface area contributed by atoms with Crippen LogP contribution in [0.4, 0.5) is 5.69 Å². The highest BCUT2D eigenvalue weighted by molar-refractivity contribution is 9.10. The minimum Gasteiger partial charge on any atom is -0.351 e. The molecule has 1 aliphatic heterocycles. The molecular formula is C24H25BrN4S. The highest BCUT2D eigenvalue weighted by atomic mass is 79.9. The largest absolute Gasteiger partial charge is 0.351 e. The summed E-state index contributed by atoms with van der Waals surface area (Å²) in [5.41, 5.74) is 3.37. The molecule has 0 radical (unpaired) electrons. The van der Waals surface area contributed by atoms with Crippen LogP contribution in [0.25, 0.3) is 0 Å². The van der Waals surface area contributed by atoms with E-state index in [-0.39, 0.29) is 12.1 Å². The molecule has 3 heterocycles. The SMILES string of the molecule is S=C1N[C@H](c2ccccn2)[C@@H](c2ccn(C3CCCCC3)c2)N1c1ccc(Br)cc1. The second-order valence-electron chi connectivity index (χ2n) is 8.16. The predicted molar refractivity (Wildman–Crippen MR) is 129 cm³/mol. The summed E-state index contributed by atoms with van der Waals surface area (Å²) in [7, 11) is 0. The Morgan fingerprint density at radius 1 is 1.00 bits per heavy atom. The molecule has 0 spiro atoms. The third kappa shape index (κ3) is 3.79. The van der Waals surface area contributed by atoms with Gasteiger partial charge in [-0.15, -0.1) is 0 Å². The van der Waals surface area contributed by atoms with Gasteiger partial charge in [-0.25, -0.2) is 0 Å². The molecule has 1 saturated carbocycles. The second-order valence-corrected chi connectivity index (χ2v) is 9.46. The second kappa shape index (κ2) is 8.52. The summed E-state index contributed by atoms with van der Waals surface area (Å²) in [6.07, 6.45) is 13.0. The Hall–Kier alpha value is -2.18. The van der Waals surface area contributed by atoms with E-state index < -0.39 is 0 Å². The maximum atomic E-state index is 5.81. The smallest absolute Gasteiger partial charge is 0.174 e. The van der Waals surface area contributed by atoms with E-state index >= 15 is 0 Å². The average Bonchev–Trinajstić information content (AvgIpc) is 3.40. The summed E-state index contributed by atoms with van der Waals surface area (Å²) in [5.74, 6) is 0. The summed E-state index contributed by atoms with van der Waals surface area (Å²) in [5, 5.41) is 4.28. The molecule has 2 fully saturated rings. The van der Waals surface area contributed by atoms with E-state index in [1.54, 1.807) is 0 Å². The number of nitrogens with zero attached hydrogens (tertiary/aromatic N) is 3. The van der Waals surface area contributed by atoms with Crippen LogP contribution in [-0.2, 0) is 0 Å². The van der Waals surface area contributed by atoms with Crippen molar-refractivity contribution in [2.75, 3.05) is 4.90 Å². The molecule has 5 rings (SSSR count). The van der Waals surface area contributed by atoms with Gasteiger partial charge in [0.15, 0.2) is 5.11 Å². The fourth-order valence-electron chi connectivity index (χ4n) is 4.79. The molecule has 30 heavy (non-hydrogen) atoms. The number of nitrogens with one attached hydrogen (secondary N) is 1. The summed E-state index contributed by atoms with van der Waals surface area (Å²) in [6, 6.07) is 17.4. The average molecular weight is 481 g/mol. The molecule has 1 N–H and O–H groups in total. The van der Waals surface area contributed by atoms with Crippen LogP contribution in [0.15, 0.2) is 71.6 Å². The number of aromatic nitrogens is 2. The lowest BCUT2D eigenvalue weighted by molar-refractivity contribution is 0.353. The Balaban J connectivity index is 1.54. The number of rotatable bonds is 4. The van der Waals surface area contributed by atoms with Gasteiger partial charge in [-0.3, -0.25) is 4.98 Å². The third-order valence-electron chi connectivity index (χ3n) is 6.28.